The van der Waals surface area contributed by atoms with Crippen molar-refractivity contribution in [1.29, 1.82) is 0 Å². The maximum absolute atomic E-state index is 12.5. The molecule has 0 saturated carbocycles. The van der Waals surface area contributed by atoms with Crippen LogP contribution in [0.5, 0.6) is 0 Å². The fourth-order valence-corrected chi connectivity index (χ4v) is 1.00. The van der Waals surface area contributed by atoms with Crippen LogP contribution < -0.4 is 11.1 Å². The Morgan fingerprint density at radius 2 is 2.00 bits per heavy atom. The molecule has 0 aromatic heterocycles. The molecule has 3 nitrogen and oxygen atoms in total. The molecule has 0 bridgehead atoms. The molecule has 0 heterocycles. The van der Waals surface area contributed by atoms with Gasteiger partial charge in [0.2, 0.25) is 5.91 Å². The van der Waals surface area contributed by atoms with Crippen molar-refractivity contribution in [3.8, 4) is 0 Å². The average molecular weight is 206 g/mol. The SMILES string of the molecule is CC[C@H](C)[C@H](NC(=O)C(C)N)B(F)F. The lowest BCUT2D eigenvalue weighted by Crippen LogP contribution is -2.51. The van der Waals surface area contributed by atoms with Crippen LogP contribution in [0.3, 0.4) is 0 Å². The van der Waals surface area contributed by atoms with Gasteiger partial charge in [-0.05, 0) is 12.8 Å². The van der Waals surface area contributed by atoms with Gasteiger partial charge in [0.25, 0.3) is 0 Å². The molecule has 0 aromatic rings. The fraction of sp³-hybridized carbons (Fsp3) is 0.875. The summed E-state index contributed by atoms with van der Waals surface area (Å²) in [7, 11) is -2.55. The summed E-state index contributed by atoms with van der Waals surface area (Å²) in [5, 5.41) is 2.25. The van der Waals surface area contributed by atoms with Gasteiger partial charge in [0.05, 0.1) is 12.0 Å². The third kappa shape index (κ3) is 4.04. The number of hydrogen-bond acceptors (Lipinski definition) is 2. The minimum Gasteiger partial charge on any atom is -0.353 e. The van der Waals surface area contributed by atoms with E-state index in [0.29, 0.717) is 6.42 Å². The molecule has 3 N–H and O–H groups in total. The number of carbonyl (C=O) groups is 1. The van der Waals surface area contributed by atoms with E-state index in [1.165, 1.54) is 6.92 Å². The minimum atomic E-state index is -2.55. The molecule has 1 unspecified atom stereocenters. The second kappa shape index (κ2) is 5.96. The Morgan fingerprint density at radius 1 is 1.50 bits per heavy atom. The van der Waals surface area contributed by atoms with Crippen molar-refractivity contribution >= 4 is 13.2 Å². The Morgan fingerprint density at radius 3 is 2.29 bits per heavy atom. The molecule has 0 fully saturated rings. The summed E-state index contributed by atoms with van der Waals surface area (Å²) < 4.78 is 25.0. The molecule has 0 aliphatic heterocycles. The molecule has 1 amide bonds. The Bertz CT molecular complexity index is 190. The van der Waals surface area contributed by atoms with Crippen LogP contribution in [0.15, 0.2) is 0 Å². The standard InChI is InChI=1S/C8H17BF2N2O/c1-4-5(2)7(9(10)11)13-8(14)6(3)12/h5-7H,4,12H2,1-3H3,(H,13,14)/t5-,6?,7-/m0/s1. The van der Waals surface area contributed by atoms with Gasteiger partial charge in [0, 0.05) is 0 Å². The van der Waals surface area contributed by atoms with Crippen LogP contribution in [0.2, 0.25) is 0 Å². The van der Waals surface area contributed by atoms with E-state index in [2.05, 4.69) is 5.32 Å². The van der Waals surface area contributed by atoms with Gasteiger partial charge >= 0.3 is 7.27 Å². The normalized spacial score (nSPS) is 17.0. The van der Waals surface area contributed by atoms with Crippen molar-refractivity contribution in [3.05, 3.63) is 0 Å². The molecule has 82 valence electrons. The number of nitrogens with two attached hydrogens (primary N) is 1. The lowest BCUT2D eigenvalue weighted by molar-refractivity contribution is -0.122. The van der Waals surface area contributed by atoms with Crippen LogP contribution in [0.4, 0.5) is 8.63 Å². The molecule has 0 radical (unpaired) electrons. The minimum absolute atomic E-state index is 0.252. The highest BCUT2D eigenvalue weighted by Crippen LogP contribution is 2.12. The van der Waals surface area contributed by atoms with Gasteiger partial charge in [-0.25, -0.2) is 0 Å². The maximum atomic E-state index is 12.5. The molecule has 14 heavy (non-hydrogen) atoms. The Kier molecular flexibility index (Phi) is 5.68. The zero-order valence-corrected chi connectivity index (χ0v) is 8.76. The summed E-state index contributed by atoms with van der Waals surface area (Å²) in [6.07, 6.45) is 0.592. The molecule has 0 aliphatic rings. The van der Waals surface area contributed by atoms with Crippen LogP contribution >= 0.6 is 0 Å². The number of carbonyl (C=O) groups excluding carboxylic acids is 1. The molecule has 0 aromatic carbocycles. The lowest BCUT2D eigenvalue weighted by atomic mass is 9.75. The third-order valence-electron chi connectivity index (χ3n) is 2.25. The highest BCUT2D eigenvalue weighted by molar-refractivity contribution is 6.45. The summed E-state index contributed by atoms with van der Waals surface area (Å²) in [4.78, 5) is 11.1. The van der Waals surface area contributed by atoms with Gasteiger partial charge in [0.15, 0.2) is 0 Å². The second-order valence-electron chi connectivity index (χ2n) is 3.54. The smallest absolute Gasteiger partial charge is 0.353 e. The van der Waals surface area contributed by atoms with E-state index in [9.17, 15) is 13.4 Å². The molecule has 3 atom stereocenters. The predicted molar refractivity (Wildman–Crippen MR) is 53.0 cm³/mol. The molecular weight excluding hydrogens is 189 g/mol. The van der Waals surface area contributed by atoms with Crippen molar-refractivity contribution in [1.82, 2.24) is 5.32 Å². The summed E-state index contributed by atoms with van der Waals surface area (Å²) in [6, 6.07) is -0.750. The lowest BCUT2D eigenvalue weighted by Gasteiger charge is -2.22. The van der Waals surface area contributed by atoms with Crippen molar-refractivity contribution in [2.24, 2.45) is 11.7 Å². The molecular formula is C8H17BF2N2O. The number of halogens is 2. The van der Waals surface area contributed by atoms with E-state index in [-0.39, 0.29) is 5.92 Å². The van der Waals surface area contributed by atoms with Crippen LogP contribution in [0.25, 0.3) is 0 Å². The van der Waals surface area contributed by atoms with E-state index in [4.69, 9.17) is 5.73 Å². The predicted octanol–water partition coefficient (Wildman–Crippen LogP) is 0.831. The first-order valence-corrected chi connectivity index (χ1v) is 4.74. The van der Waals surface area contributed by atoms with Gasteiger partial charge in [-0.2, -0.15) is 0 Å². The topological polar surface area (TPSA) is 55.1 Å². The largest absolute Gasteiger partial charge is 0.560 e. The van der Waals surface area contributed by atoms with Crippen molar-refractivity contribution in [3.63, 3.8) is 0 Å². The summed E-state index contributed by atoms with van der Waals surface area (Å²) in [5.41, 5.74) is 5.27. The number of amides is 1. The second-order valence-corrected chi connectivity index (χ2v) is 3.54. The van der Waals surface area contributed by atoms with Gasteiger partial charge in [0.1, 0.15) is 0 Å². The number of hydrogen-bond donors (Lipinski definition) is 2. The van der Waals surface area contributed by atoms with E-state index < -0.39 is 25.2 Å². The Hall–Kier alpha value is -0.645. The first kappa shape index (κ1) is 13.4. The average Bonchev–Trinajstić information content (AvgIpc) is 2.11. The van der Waals surface area contributed by atoms with Crippen molar-refractivity contribution in [2.75, 3.05) is 0 Å². The van der Waals surface area contributed by atoms with Gasteiger partial charge in [-0.3, -0.25) is 13.4 Å². The van der Waals surface area contributed by atoms with Crippen molar-refractivity contribution < 1.29 is 13.4 Å². The van der Waals surface area contributed by atoms with Crippen LogP contribution in [-0.4, -0.2) is 25.2 Å². The summed E-state index contributed by atoms with van der Waals surface area (Å²) >= 11 is 0. The molecule has 0 aliphatic carbocycles. The Labute approximate surface area is 83.6 Å². The third-order valence-corrected chi connectivity index (χ3v) is 2.25. The van der Waals surface area contributed by atoms with Crippen LogP contribution in [0.1, 0.15) is 27.2 Å². The van der Waals surface area contributed by atoms with E-state index in [1.54, 1.807) is 13.8 Å². The summed E-state index contributed by atoms with van der Waals surface area (Å²) in [6.45, 7) is 4.95. The maximum Gasteiger partial charge on any atom is 0.560 e. The first-order chi connectivity index (χ1) is 6.40. The number of nitrogens with one attached hydrogen (secondary N) is 1. The Balaban J connectivity index is 4.30. The van der Waals surface area contributed by atoms with E-state index >= 15 is 0 Å². The molecule has 0 saturated heterocycles. The zero-order valence-electron chi connectivity index (χ0n) is 8.76. The molecule has 6 heteroatoms. The first-order valence-electron chi connectivity index (χ1n) is 4.74. The van der Waals surface area contributed by atoms with Gasteiger partial charge in [-0.1, -0.05) is 20.3 Å². The molecule has 0 rings (SSSR count). The summed E-state index contributed by atoms with van der Waals surface area (Å²) in [5.74, 6) is -1.88. The fourth-order valence-electron chi connectivity index (χ4n) is 1.00. The monoisotopic (exact) mass is 206 g/mol. The zero-order chi connectivity index (χ0) is 11.3. The van der Waals surface area contributed by atoms with Crippen LogP contribution in [-0.2, 0) is 4.79 Å². The van der Waals surface area contributed by atoms with Gasteiger partial charge in [-0.15, -0.1) is 0 Å². The molecule has 0 spiro atoms. The quantitative estimate of drug-likeness (QED) is 0.654. The highest BCUT2D eigenvalue weighted by Gasteiger charge is 2.33. The highest BCUT2D eigenvalue weighted by atomic mass is 19.2. The van der Waals surface area contributed by atoms with Crippen molar-refractivity contribution in [2.45, 2.75) is 39.2 Å². The van der Waals surface area contributed by atoms with E-state index in [0.717, 1.165) is 0 Å². The van der Waals surface area contributed by atoms with E-state index in [1.807, 2.05) is 0 Å². The number of rotatable bonds is 5. The van der Waals surface area contributed by atoms with Gasteiger partial charge < -0.3 is 11.1 Å². The van der Waals surface area contributed by atoms with Crippen LogP contribution in [0, 0.1) is 5.92 Å².